The summed E-state index contributed by atoms with van der Waals surface area (Å²) in [5.74, 6) is -0.191. The van der Waals surface area contributed by atoms with E-state index < -0.39 is 17.6 Å². The Hall–Kier alpha value is -3.50. The minimum atomic E-state index is -4.55. The minimum Gasteiger partial charge on any atom is -0.382 e. The Morgan fingerprint density at radius 1 is 0.974 bits per heavy atom. The van der Waals surface area contributed by atoms with Crippen LogP contribution in [0.2, 0.25) is 0 Å². The maximum atomic E-state index is 13.7. The number of nitrogens with zero attached hydrogens (tertiary/aromatic N) is 4. The SMILES string of the molecule is CCCc1ccc(NC(=O)c2cc(CN3CCN(C)CC3)cc(C(F)(F)F)c2)cc1CCc1nccnc1N. The fraction of sp³-hybridized carbons (Fsp3) is 0.414. The Kier molecular flexibility index (Phi) is 9.19. The molecule has 208 valence electrons. The topological polar surface area (TPSA) is 87.4 Å². The van der Waals surface area contributed by atoms with Crippen LogP contribution in [-0.4, -0.2) is 58.9 Å². The number of hydrogen-bond acceptors (Lipinski definition) is 6. The van der Waals surface area contributed by atoms with Gasteiger partial charge in [-0.15, -0.1) is 0 Å². The highest BCUT2D eigenvalue weighted by atomic mass is 19.4. The molecule has 0 atom stereocenters. The van der Waals surface area contributed by atoms with Crippen molar-refractivity contribution >= 4 is 17.4 Å². The Morgan fingerprint density at radius 3 is 2.41 bits per heavy atom. The molecule has 0 bridgehead atoms. The molecule has 1 fully saturated rings. The van der Waals surface area contributed by atoms with Crippen molar-refractivity contribution in [2.24, 2.45) is 0 Å². The second-order valence-electron chi connectivity index (χ2n) is 10.1. The van der Waals surface area contributed by atoms with Crippen LogP contribution in [0.1, 0.15) is 51.7 Å². The minimum absolute atomic E-state index is 0.0135. The lowest BCUT2D eigenvalue weighted by molar-refractivity contribution is -0.137. The summed E-state index contributed by atoms with van der Waals surface area (Å²) in [4.78, 5) is 25.9. The Bertz CT molecular complexity index is 1290. The Balaban J connectivity index is 1.54. The smallest absolute Gasteiger partial charge is 0.382 e. The maximum Gasteiger partial charge on any atom is 0.416 e. The van der Waals surface area contributed by atoms with Crippen molar-refractivity contribution in [3.05, 3.63) is 82.3 Å². The van der Waals surface area contributed by atoms with Crippen molar-refractivity contribution in [1.29, 1.82) is 0 Å². The molecule has 0 spiro atoms. The third kappa shape index (κ3) is 7.77. The molecule has 39 heavy (non-hydrogen) atoms. The monoisotopic (exact) mass is 540 g/mol. The van der Waals surface area contributed by atoms with Gasteiger partial charge in [-0.25, -0.2) is 4.98 Å². The third-order valence-electron chi connectivity index (χ3n) is 7.01. The standard InChI is InChI=1S/C29H35F3N6O/c1-3-4-21-5-7-25(18-22(21)6-8-26-27(33)35-10-9-34-26)36-28(39)23-15-20(16-24(17-23)29(30,31)32)19-38-13-11-37(2)12-14-38/h5,7,9-10,15-18H,3-4,6,8,11-14,19H2,1-2H3,(H2,33,35)(H,36,39). The summed E-state index contributed by atoms with van der Waals surface area (Å²) in [7, 11) is 2.02. The number of alkyl halides is 3. The van der Waals surface area contributed by atoms with Gasteiger partial charge in [0.15, 0.2) is 0 Å². The average molecular weight is 541 g/mol. The molecular formula is C29H35F3N6O. The van der Waals surface area contributed by atoms with E-state index in [1.54, 1.807) is 24.5 Å². The summed E-state index contributed by atoms with van der Waals surface area (Å²) in [5, 5.41) is 2.81. The quantitative estimate of drug-likeness (QED) is 0.405. The van der Waals surface area contributed by atoms with E-state index >= 15 is 0 Å². The van der Waals surface area contributed by atoms with Gasteiger partial charge in [-0.3, -0.25) is 14.7 Å². The summed E-state index contributed by atoms with van der Waals surface area (Å²) in [6.07, 6.45) is 1.63. The molecule has 0 radical (unpaired) electrons. The normalized spacial score (nSPS) is 14.9. The Morgan fingerprint density at radius 2 is 1.72 bits per heavy atom. The second-order valence-corrected chi connectivity index (χ2v) is 10.1. The fourth-order valence-corrected chi connectivity index (χ4v) is 4.82. The number of nitrogens with one attached hydrogen (secondary N) is 1. The molecular weight excluding hydrogens is 505 g/mol. The number of hydrogen-bond donors (Lipinski definition) is 2. The van der Waals surface area contributed by atoms with Gasteiger partial charge in [0.1, 0.15) is 5.82 Å². The predicted molar refractivity (Wildman–Crippen MR) is 146 cm³/mol. The van der Waals surface area contributed by atoms with Gasteiger partial charge < -0.3 is 16.0 Å². The van der Waals surface area contributed by atoms with E-state index in [4.69, 9.17) is 5.73 Å². The number of amides is 1. The number of carbonyl (C=O) groups excluding carboxylic acids is 1. The van der Waals surface area contributed by atoms with Crippen LogP contribution in [0.15, 0.2) is 48.8 Å². The van der Waals surface area contributed by atoms with Crippen molar-refractivity contribution < 1.29 is 18.0 Å². The van der Waals surface area contributed by atoms with E-state index in [1.165, 1.54) is 0 Å². The zero-order valence-corrected chi connectivity index (χ0v) is 22.4. The molecule has 1 amide bonds. The average Bonchev–Trinajstić information content (AvgIpc) is 2.90. The van der Waals surface area contributed by atoms with Crippen LogP contribution in [0.4, 0.5) is 24.7 Å². The number of benzene rings is 2. The molecule has 1 aliphatic rings. The molecule has 10 heteroatoms. The van der Waals surface area contributed by atoms with E-state index in [2.05, 4.69) is 32.0 Å². The van der Waals surface area contributed by atoms with E-state index in [-0.39, 0.29) is 5.56 Å². The molecule has 0 saturated carbocycles. The van der Waals surface area contributed by atoms with Crippen LogP contribution >= 0.6 is 0 Å². The van der Waals surface area contributed by atoms with Crippen LogP contribution in [0, 0.1) is 0 Å². The number of nitrogen functional groups attached to an aromatic ring is 1. The molecule has 0 unspecified atom stereocenters. The molecule has 0 aliphatic carbocycles. The van der Waals surface area contributed by atoms with Gasteiger partial charge in [0.2, 0.25) is 0 Å². The highest BCUT2D eigenvalue weighted by molar-refractivity contribution is 6.04. The highest BCUT2D eigenvalue weighted by Gasteiger charge is 2.32. The number of rotatable bonds is 9. The summed E-state index contributed by atoms with van der Waals surface area (Å²) >= 11 is 0. The van der Waals surface area contributed by atoms with E-state index in [1.807, 2.05) is 19.2 Å². The highest BCUT2D eigenvalue weighted by Crippen LogP contribution is 2.31. The van der Waals surface area contributed by atoms with Crippen molar-refractivity contribution in [3.8, 4) is 0 Å². The first kappa shape index (κ1) is 28.5. The van der Waals surface area contributed by atoms with Crippen molar-refractivity contribution in [1.82, 2.24) is 19.8 Å². The maximum absolute atomic E-state index is 13.7. The molecule has 1 aromatic heterocycles. The molecule has 1 saturated heterocycles. The number of carbonyl (C=O) groups is 1. The molecule has 2 heterocycles. The molecule has 3 aromatic rings. The number of aromatic nitrogens is 2. The summed E-state index contributed by atoms with van der Waals surface area (Å²) in [5.41, 5.74) is 8.99. The number of piperazine rings is 1. The first-order valence-corrected chi connectivity index (χ1v) is 13.2. The zero-order valence-electron chi connectivity index (χ0n) is 22.4. The summed E-state index contributed by atoms with van der Waals surface area (Å²) in [6.45, 7) is 5.69. The Labute approximate surface area is 227 Å². The van der Waals surface area contributed by atoms with Crippen LogP contribution in [0.25, 0.3) is 0 Å². The number of anilines is 2. The molecule has 7 nitrogen and oxygen atoms in total. The van der Waals surface area contributed by atoms with Gasteiger partial charge in [0.05, 0.1) is 11.3 Å². The van der Waals surface area contributed by atoms with Gasteiger partial charge in [0.25, 0.3) is 5.91 Å². The number of halogens is 3. The first-order chi connectivity index (χ1) is 18.6. The third-order valence-corrected chi connectivity index (χ3v) is 7.01. The van der Waals surface area contributed by atoms with Crippen molar-refractivity contribution in [2.75, 3.05) is 44.3 Å². The van der Waals surface area contributed by atoms with Crippen LogP contribution < -0.4 is 11.1 Å². The van der Waals surface area contributed by atoms with Gasteiger partial charge in [-0.1, -0.05) is 19.4 Å². The van der Waals surface area contributed by atoms with E-state index in [9.17, 15) is 18.0 Å². The van der Waals surface area contributed by atoms with E-state index in [0.29, 0.717) is 42.1 Å². The largest absolute Gasteiger partial charge is 0.416 e. The van der Waals surface area contributed by atoms with Crippen molar-refractivity contribution in [3.63, 3.8) is 0 Å². The summed E-state index contributed by atoms with van der Waals surface area (Å²) < 4.78 is 41.2. The summed E-state index contributed by atoms with van der Waals surface area (Å²) in [6, 6.07) is 9.26. The lowest BCUT2D eigenvalue weighted by Gasteiger charge is -2.32. The first-order valence-electron chi connectivity index (χ1n) is 13.2. The van der Waals surface area contributed by atoms with Crippen molar-refractivity contribution in [2.45, 2.75) is 45.3 Å². The number of likely N-dealkylation sites (N-methyl/N-ethyl adjacent to an activating group) is 1. The van der Waals surface area contributed by atoms with E-state index in [0.717, 1.165) is 62.3 Å². The van der Waals surface area contributed by atoms with Gasteiger partial charge in [-0.05, 0) is 73.3 Å². The molecule has 4 rings (SSSR count). The van der Waals surface area contributed by atoms with Crippen LogP contribution in [0.3, 0.4) is 0 Å². The lowest BCUT2D eigenvalue weighted by Crippen LogP contribution is -2.43. The molecule has 3 N–H and O–H groups in total. The lowest BCUT2D eigenvalue weighted by atomic mass is 9.97. The van der Waals surface area contributed by atoms with Crippen LogP contribution in [0.5, 0.6) is 0 Å². The zero-order chi connectivity index (χ0) is 28.0. The molecule has 1 aliphatic heterocycles. The number of aryl methyl sites for hydroxylation is 3. The van der Waals surface area contributed by atoms with Crippen LogP contribution in [-0.2, 0) is 32.0 Å². The second kappa shape index (κ2) is 12.6. The number of nitrogens with two attached hydrogens (primary N) is 1. The van der Waals surface area contributed by atoms with Gasteiger partial charge in [0, 0.05) is 56.4 Å². The molecule has 2 aromatic carbocycles. The van der Waals surface area contributed by atoms with Gasteiger partial charge in [-0.2, -0.15) is 13.2 Å². The van der Waals surface area contributed by atoms with Gasteiger partial charge >= 0.3 is 6.18 Å². The predicted octanol–water partition coefficient (Wildman–Crippen LogP) is 4.82. The fourth-order valence-electron chi connectivity index (χ4n) is 4.82.